The van der Waals surface area contributed by atoms with E-state index >= 15 is 0 Å². The Morgan fingerprint density at radius 3 is 2.13 bits per heavy atom. The van der Waals surface area contributed by atoms with Crippen LogP contribution in [0.5, 0.6) is 11.5 Å². The van der Waals surface area contributed by atoms with Gasteiger partial charge in [0.05, 0.1) is 15.5 Å². The smallest absolute Gasteiger partial charge is 0.344 e. The monoisotopic (exact) mass is 492 g/mol. The SMILES string of the molecule is O=C(O)COc1ccc(S(=O)(=O)Cl)cc1OCC(=O)OCCS(=O)(=O)c1ccccc1. The molecule has 0 heterocycles. The maximum atomic E-state index is 12.1. The third-order valence-electron chi connectivity index (χ3n) is 3.61. The molecule has 0 unspecified atom stereocenters. The summed E-state index contributed by atoms with van der Waals surface area (Å²) in [6.07, 6.45) is 0. The Labute approximate surface area is 182 Å². The van der Waals surface area contributed by atoms with Gasteiger partial charge in [-0.05, 0) is 24.3 Å². The van der Waals surface area contributed by atoms with Gasteiger partial charge in [-0.2, -0.15) is 0 Å². The van der Waals surface area contributed by atoms with E-state index in [1.165, 1.54) is 12.1 Å². The average molecular weight is 493 g/mol. The van der Waals surface area contributed by atoms with Crippen molar-refractivity contribution in [3.63, 3.8) is 0 Å². The van der Waals surface area contributed by atoms with Gasteiger partial charge < -0.3 is 19.3 Å². The Morgan fingerprint density at radius 1 is 0.871 bits per heavy atom. The molecule has 0 aliphatic carbocycles. The van der Waals surface area contributed by atoms with Crippen molar-refractivity contribution < 1.29 is 45.7 Å². The Hall–Kier alpha value is -2.83. The number of esters is 1. The summed E-state index contributed by atoms with van der Waals surface area (Å²) >= 11 is 0. The molecule has 10 nitrogen and oxygen atoms in total. The number of sulfone groups is 1. The third kappa shape index (κ3) is 7.74. The number of ether oxygens (including phenoxy) is 3. The van der Waals surface area contributed by atoms with Crippen molar-refractivity contribution >= 4 is 41.5 Å². The molecule has 0 aromatic heterocycles. The Morgan fingerprint density at radius 2 is 1.52 bits per heavy atom. The number of hydrogen-bond acceptors (Lipinski definition) is 9. The molecule has 0 fully saturated rings. The van der Waals surface area contributed by atoms with E-state index < -0.39 is 56.4 Å². The van der Waals surface area contributed by atoms with Crippen LogP contribution >= 0.6 is 10.7 Å². The fourth-order valence-electron chi connectivity index (χ4n) is 2.20. The first-order chi connectivity index (χ1) is 14.5. The van der Waals surface area contributed by atoms with Crippen LogP contribution in [0.1, 0.15) is 0 Å². The number of carbonyl (C=O) groups excluding carboxylic acids is 1. The molecule has 13 heteroatoms. The van der Waals surface area contributed by atoms with Crippen LogP contribution in [0, 0.1) is 0 Å². The maximum absolute atomic E-state index is 12.1. The molecule has 2 rings (SSSR count). The number of halogens is 1. The van der Waals surface area contributed by atoms with Crippen LogP contribution in [0.3, 0.4) is 0 Å². The fourth-order valence-corrected chi connectivity index (χ4v) is 4.08. The molecule has 0 amide bonds. The zero-order chi connectivity index (χ0) is 23.1. The number of aliphatic carboxylic acids is 1. The van der Waals surface area contributed by atoms with Crippen molar-refractivity contribution in [2.24, 2.45) is 0 Å². The van der Waals surface area contributed by atoms with Crippen LogP contribution in [0.2, 0.25) is 0 Å². The molecule has 0 saturated carbocycles. The Balaban J connectivity index is 1.99. The molecule has 31 heavy (non-hydrogen) atoms. The van der Waals surface area contributed by atoms with Gasteiger partial charge in [0, 0.05) is 16.7 Å². The summed E-state index contributed by atoms with van der Waals surface area (Å²) in [6.45, 7) is -1.90. The molecule has 0 spiro atoms. The minimum atomic E-state index is -4.13. The highest BCUT2D eigenvalue weighted by molar-refractivity contribution is 8.13. The van der Waals surface area contributed by atoms with Gasteiger partial charge in [-0.15, -0.1) is 0 Å². The average Bonchev–Trinajstić information content (AvgIpc) is 2.70. The molecule has 168 valence electrons. The van der Waals surface area contributed by atoms with E-state index in [0.29, 0.717) is 0 Å². The highest BCUT2D eigenvalue weighted by atomic mass is 35.7. The molecule has 0 saturated heterocycles. The maximum Gasteiger partial charge on any atom is 0.344 e. The van der Waals surface area contributed by atoms with E-state index in [0.717, 1.165) is 18.2 Å². The summed E-state index contributed by atoms with van der Waals surface area (Å²) in [5.74, 6) is -3.09. The molecule has 0 aliphatic heterocycles. The first-order valence-corrected chi connectivity index (χ1v) is 12.4. The number of carboxylic acids is 1. The lowest BCUT2D eigenvalue weighted by Crippen LogP contribution is -2.20. The first-order valence-electron chi connectivity index (χ1n) is 8.48. The molecule has 0 atom stereocenters. The largest absolute Gasteiger partial charge is 0.479 e. The van der Waals surface area contributed by atoms with Gasteiger partial charge in [-0.3, -0.25) is 0 Å². The van der Waals surface area contributed by atoms with Crippen molar-refractivity contribution in [3.8, 4) is 11.5 Å². The van der Waals surface area contributed by atoms with E-state index in [2.05, 4.69) is 0 Å². The number of hydrogen-bond donors (Lipinski definition) is 1. The quantitative estimate of drug-likeness (QED) is 0.360. The number of rotatable bonds is 11. The molecule has 0 aliphatic rings. The van der Waals surface area contributed by atoms with Gasteiger partial charge in [-0.25, -0.2) is 26.4 Å². The number of carbonyl (C=O) groups is 2. The van der Waals surface area contributed by atoms with Gasteiger partial charge in [-0.1, -0.05) is 18.2 Å². The lowest BCUT2D eigenvalue weighted by molar-refractivity contribution is -0.145. The standard InChI is InChI=1S/C18H17ClO10S2/c19-31(25,26)14-6-7-15(28-11-17(20)21)16(10-14)29-12-18(22)27-8-9-30(23,24)13-4-2-1-3-5-13/h1-7,10H,8-9,11-12H2,(H,20,21). The highest BCUT2D eigenvalue weighted by Gasteiger charge is 2.18. The second-order valence-corrected chi connectivity index (χ2v) is 10.5. The number of carboxylic acid groups (broad SMARTS) is 1. The van der Waals surface area contributed by atoms with E-state index in [4.69, 9.17) is 30.0 Å². The summed E-state index contributed by atoms with van der Waals surface area (Å²) in [4.78, 5) is 22.3. The van der Waals surface area contributed by atoms with Gasteiger partial charge in [0.25, 0.3) is 9.05 Å². The van der Waals surface area contributed by atoms with Crippen molar-refractivity contribution in [1.29, 1.82) is 0 Å². The summed E-state index contributed by atoms with van der Waals surface area (Å²) in [6, 6.07) is 10.7. The van der Waals surface area contributed by atoms with E-state index in [-0.39, 0.29) is 21.3 Å². The van der Waals surface area contributed by atoms with Crippen molar-refractivity contribution in [2.75, 3.05) is 25.6 Å². The predicted octanol–water partition coefficient (Wildman–Crippen LogP) is 1.47. The normalized spacial score (nSPS) is 11.5. The first kappa shape index (κ1) is 24.4. The van der Waals surface area contributed by atoms with Crippen LogP contribution in [-0.2, 0) is 33.2 Å². The minimum Gasteiger partial charge on any atom is -0.479 e. The predicted molar refractivity (Wildman–Crippen MR) is 108 cm³/mol. The van der Waals surface area contributed by atoms with Gasteiger partial charge in [0.15, 0.2) is 34.6 Å². The highest BCUT2D eigenvalue weighted by Crippen LogP contribution is 2.31. The molecular weight excluding hydrogens is 476 g/mol. The van der Waals surface area contributed by atoms with Crippen LogP contribution < -0.4 is 9.47 Å². The van der Waals surface area contributed by atoms with Crippen LogP contribution in [0.4, 0.5) is 0 Å². The van der Waals surface area contributed by atoms with E-state index in [1.54, 1.807) is 18.2 Å². The van der Waals surface area contributed by atoms with Crippen LogP contribution in [-0.4, -0.2) is 59.5 Å². The molecule has 2 aromatic rings. The van der Waals surface area contributed by atoms with E-state index in [9.17, 15) is 26.4 Å². The zero-order valence-corrected chi connectivity index (χ0v) is 18.2. The van der Waals surface area contributed by atoms with Gasteiger partial charge in [0.2, 0.25) is 0 Å². The molecular formula is C18H17ClO10S2. The minimum absolute atomic E-state index is 0.0848. The lowest BCUT2D eigenvalue weighted by atomic mass is 10.3. The third-order valence-corrected chi connectivity index (χ3v) is 6.66. The Bertz CT molecular complexity index is 1150. The van der Waals surface area contributed by atoms with Crippen molar-refractivity contribution in [1.82, 2.24) is 0 Å². The van der Waals surface area contributed by atoms with Gasteiger partial charge in [0.1, 0.15) is 6.61 Å². The van der Waals surface area contributed by atoms with Crippen molar-refractivity contribution in [3.05, 3.63) is 48.5 Å². The fraction of sp³-hybridized carbons (Fsp3) is 0.222. The van der Waals surface area contributed by atoms with Crippen LogP contribution in [0.15, 0.2) is 58.3 Å². The van der Waals surface area contributed by atoms with Crippen molar-refractivity contribution in [2.45, 2.75) is 9.79 Å². The van der Waals surface area contributed by atoms with Gasteiger partial charge >= 0.3 is 11.9 Å². The zero-order valence-electron chi connectivity index (χ0n) is 15.8. The second kappa shape index (κ2) is 10.5. The molecule has 0 radical (unpaired) electrons. The second-order valence-electron chi connectivity index (χ2n) is 5.87. The van der Waals surface area contributed by atoms with Crippen LogP contribution in [0.25, 0.3) is 0 Å². The van der Waals surface area contributed by atoms with E-state index in [1.807, 2.05) is 0 Å². The summed E-state index contributed by atoms with van der Waals surface area (Å²) in [5.41, 5.74) is 0. The molecule has 1 N–H and O–H groups in total. The molecule has 2 aromatic carbocycles. The Kier molecular flexibility index (Phi) is 8.25. The lowest BCUT2D eigenvalue weighted by Gasteiger charge is -2.12. The topological polar surface area (TPSA) is 150 Å². The summed E-state index contributed by atoms with van der Waals surface area (Å²) < 4.78 is 62.2. The molecule has 0 bridgehead atoms. The summed E-state index contributed by atoms with van der Waals surface area (Å²) in [5, 5.41) is 8.71. The number of benzene rings is 2. The summed E-state index contributed by atoms with van der Waals surface area (Å²) in [7, 11) is -2.51.